The molecule has 2 aliphatic rings. The fourth-order valence-electron chi connectivity index (χ4n) is 8.43. The van der Waals surface area contributed by atoms with E-state index in [1.807, 2.05) is 36.4 Å². The summed E-state index contributed by atoms with van der Waals surface area (Å²) in [6.07, 6.45) is 0. The number of rotatable bonds is 5. The van der Waals surface area contributed by atoms with E-state index in [0.29, 0.717) is 0 Å². The molecular weight excluding hydrogens is 653 g/mol. The molecule has 0 atom stereocenters. The molecule has 2 aliphatic heterocycles. The molecule has 4 heterocycles. The maximum Gasteiger partial charge on any atom is 0.155 e. The highest BCUT2D eigenvalue weighted by Gasteiger charge is 2.32. The van der Waals surface area contributed by atoms with Gasteiger partial charge in [0, 0.05) is 27.5 Å². The molecule has 0 N–H and O–H groups in total. The minimum atomic E-state index is 0.796. The number of aromatic nitrogens is 1. The molecule has 0 amide bonds. The average Bonchev–Trinajstić information content (AvgIpc) is 3.77. The van der Waals surface area contributed by atoms with E-state index in [4.69, 9.17) is 13.9 Å². The first kappa shape index (κ1) is 28.5. The third-order valence-electron chi connectivity index (χ3n) is 10.7. The number of hydrogen-bond acceptors (Lipinski definition) is 4. The molecule has 5 nitrogen and oxygen atoms in total. The monoisotopic (exact) mass is 680 g/mol. The highest BCUT2D eigenvalue weighted by atomic mass is 16.5. The van der Waals surface area contributed by atoms with Gasteiger partial charge in [-0.1, -0.05) is 97.1 Å². The van der Waals surface area contributed by atoms with Crippen molar-refractivity contribution in [2.75, 3.05) is 4.90 Å². The van der Waals surface area contributed by atoms with Crippen molar-refractivity contribution in [1.29, 1.82) is 0 Å². The van der Waals surface area contributed by atoms with Gasteiger partial charge in [0.1, 0.15) is 16.9 Å². The molecule has 0 bridgehead atoms. The van der Waals surface area contributed by atoms with Gasteiger partial charge in [-0.15, -0.1) is 0 Å². The summed E-state index contributed by atoms with van der Waals surface area (Å²) in [7, 11) is 0. The molecule has 248 valence electrons. The Bertz CT molecular complexity index is 3120. The first-order valence-corrected chi connectivity index (χ1v) is 17.8. The molecule has 10 aromatic rings. The molecule has 8 aromatic carbocycles. The van der Waals surface area contributed by atoms with Crippen molar-refractivity contribution < 1.29 is 13.9 Å². The van der Waals surface area contributed by atoms with Gasteiger partial charge in [0.15, 0.2) is 23.0 Å². The first-order valence-electron chi connectivity index (χ1n) is 17.8. The van der Waals surface area contributed by atoms with Crippen molar-refractivity contribution in [3.8, 4) is 50.9 Å². The Morgan fingerprint density at radius 3 is 1.94 bits per heavy atom. The van der Waals surface area contributed by atoms with Crippen LogP contribution in [0.2, 0.25) is 0 Å². The summed E-state index contributed by atoms with van der Waals surface area (Å²) < 4.78 is 21.7. The summed E-state index contributed by atoms with van der Waals surface area (Å²) in [5.74, 6) is 3.31. The van der Waals surface area contributed by atoms with Gasteiger partial charge in [-0.25, -0.2) is 0 Å². The highest BCUT2D eigenvalue weighted by molar-refractivity contribution is 6.16. The fourth-order valence-corrected chi connectivity index (χ4v) is 8.43. The Balaban J connectivity index is 1.04. The second-order valence-electron chi connectivity index (χ2n) is 13.7. The molecule has 0 radical (unpaired) electrons. The molecule has 0 saturated carbocycles. The quantitative estimate of drug-likeness (QED) is 0.181. The Labute approximate surface area is 304 Å². The van der Waals surface area contributed by atoms with Crippen LogP contribution >= 0.6 is 0 Å². The molecular formula is C48H28N2O3. The van der Waals surface area contributed by atoms with E-state index in [0.717, 1.165) is 106 Å². The van der Waals surface area contributed by atoms with Crippen LogP contribution in [0.1, 0.15) is 0 Å². The second kappa shape index (κ2) is 10.6. The summed E-state index contributed by atoms with van der Waals surface area (Å²) >= 11 is 0. The number of hydrogen-bond donors (Lipinski definition) is 0. The van der Waals surface area contributed by atoms with E-state index < -0.39 is 0 Å². The van der Waals surface area contributed by atoms with Crippen molar-refractivity contribution in [3.63, 3.8) is 0 Å². The highest BCUT2D eigenvalue weighted by Crippen LogP contribution is 2.54. The minimum absolute atomic E-state index is 0.796. The van der Waals surface area contributed by atoms with Gasteiger partial charge in [0.05, 0.1) is 22.1 Å². The molecule has 0 saturated heterocycles. The van der Waals surface area contributed by atoms with E-state index in [1.165, 1.54) is 5.56 Å². The number of ether oxygens (including phenoxy) is 2. The summed E-state index contributed by atoms with van der Waals surface area (Å²) in [4.78, 5) is 2.34. The van der Waals surface area contributed by atoms with Gasteiger partial charge in [-0.05, 0) is 95.1 Å². The van der Waals surface area contributed by atoms with Gasteiger partial charge in [-0.3, -0.25) is 4.57 Å². The standard InChI is InChI=1S/C48H28N2O3/c1-2-10-29(11-3-1)31-12-6-13-34(26-31)49(38-16-8-18-40-45(38)36-14-4-5-17-39(36)51-40)33-24-22-30(23-25-33)32-27-37-35-15-7-19-41-46(35)50-47(37)44(28-32)53-43-21-9-20-42(52-41)48(43)50/h1-28H. The van der Waals surface area contributed by atoms with Crippen LogP contribution < -0.4 is 14.4 Å². The van der Waals surface area contributed by atoms with Crippen LogP contribution in [-0.2, 0) is 0 Å². The van der Waals surface area contributed by atoms with Gasteiger partial charge in [0.2, 0.25) is 0 Å². The van der Waals surface area contributed by atoms with Crippen molar-refractivity contribution in [3.05, 3.63) is 170 Å². The van der Waals surface area contributed by atoms with Gasteiger partial charge < -0.3 is 18.8 Å². The number of benzene rings is 8. The van der Waals surface area contributed by atoms with Crippen LogP contribution in [0.15, 0.2) is 174 Å². The lowest BCUT2D eigenvalue weighted by molar-refractivity contribution is 0.444. The van der Waals surface area contributed by atoms with Gasteiger partial charge >= 0.3 is 0 Å². The maximum atomic E-state index is 6.63. The normalized spacial score (nSPS) is 12.5. The summed E-state index contributed by atoms with van der Waals surface area (Å²) in [5.41, 5.74) is 12.5. The number of fused-ring (bicyclic) bond motifs is 4. The minimum Gasteiger partial charge on any atom is -0.456 e. The molecule has 2 aromatic heterocycles. The van der Waals surface area contributed by atoms with Crippen LogP contribution in [0.25, 0.3) is 71.7 Å². The van der Waals surface area contributed by atoms with Crippen LogP contribution in [-0.4, -0.2) is 4.57 Å². The molecule has 0 unspecified atom stereocenters. The maximum absolute atomic E-state index is 6.63. The van der Waals surface area contributed by atoms with E-state index >= 15 is 0 Å². The lowest BCUT2D eigenvalue weighted by atomic mass is 10.0. The molecule has 12 rings (SSSR count). The number of anilines is 3. The second-order valence-corrected chi connectivity index (χ2v) is 13.7. The smallest absolute Gasteiger partial charge is 0.155 e. The SMILES string of the molecule is c1ccc(-c2cccc(N(c3ccc(-c4cc5c6c(c4)c4cccc7c4n6-c4c(cccc4O5)O7)cc3)c3cccc4oc5ccccc5c34)c2)cc1. The third kappa shape index (κ3) is 4.07. The molecule has 5 heteroatoms. The first-order chi connectivity index (χ1) is 26.3. The van der Waals surface area contributed by atoms with Gasteiger partial charge in [0.25, 0.3) is 0 Å². The number of furan rings is 1. The Morgan fingerprint density at radius 1 is 0.396 bits per heavy atom. The Morgan fingerprint density at radius 2 is 1.06 bits per heavy atom. The average molecular weight is 681 g/mol. The Kier molecular flexibility index (Phi) is 5.71. The topological polar surface area (TPSA) is 39.8 Å². The van der Waals surface area contributed by atoms with Crippen LogP contribution in [0.4, 0.5) is 17.1 Å². The zero-order chi connectivity index (χ0) is 34.6. The molecule has 53 heavy (non-hydrogen) atoms. The van der Waals surface area contributed by atoms with E-state index in [1.54, 1.807) is 0 Å². The summed E-state index contributed by atoms with van der Waals surface area (Å²) in [5, 5.41) is 4.46. The molecule has 0 fully saturated rings. The van der Waals surface area contributed by atoms with Crippen molar-refractivity contribution in [2.24, 2.45) is 0 Å². The Hall–Kier alpha value is -7.24. The van der Waals surface area contributed by atoms with E-state index in [9.17, 15) is 0 Å². The predicted molar refractivity (Wildman–Crippen MR) is 214 cm³/mol. The number of nitrogens with zero attached hydrogens (tertiary/aromatic N) is 2. The molecule has 0 spiro atoms. The summed E-state index contributed by atoms with van der Waals surface area (Å²) in [6, 6.07) is 59.5. The van der Waals surface area contributed by atoms with Crippen LogP contribution in [0, 0.1) is 0 Å². The van der Waals surface area contributed by atoms with Crippen molar-refractivity contribution in [2.45, 2.75) is 0 Å². The van der Waals surface area contributed by atoms with Crippen LogP contribution in [0.5, 0.6) is 23.0 Å². The van der Waals surface area contributed by atoms with Gasteiger partial charge in [-0.2, -0.15) is 0 Å². The van der Waals surface area contributed by atoms with Crippen LogP contribution in [0.3, 0.4) is 0 Å². The third-order valence-corrected chi connectivity index (χ3v) is 10.7. The van der Waals surface area contributed by atoms with Crippen molar-refractivity contribution >= 4 is 60.8 Å². The van der Waals surface area contributed by atoms with E-state index in [-0.39, 0.29) is 0 Å². The zero-order valence-electron chi connectivity index (χ0n) is 28.3. The molecule has 0 aliphatic carbocycles. The lowest BCUT2D eigenvalue weighted by Gasteiger charge is -2.27. The zero-order valence-corrected chi connectivity index (χ0v) is 28.3. The lowest BCUT2D eigenvalue weighted by Crippen LogP contribution is -2.10. The predicted octanol–water partition coefficient (Wildman–Crippen LogP) is 13.7. The summed E-state index contributed by atoms with van der Waals surface area (Å²) in [6.45, 7) is 0. The largest absolute Gasteiger partial charge is 0.456 e. The van der Waals surface area contributed by atoms with E-state index in [2.05, 4.69) is 143 Å². The van der Waals surface area contributed by atoms with Crippen molar-refractivity contribution in [1.82, 2.24) is 4.57 Å². The fraction of sp³-hybridized carbons (Fsp3) is 0. The number of para-hydroxylation sites is 3.